The zero-order valence-electron chi connectivity index (χ0n) is 11.3. The molecule has 0 radical (unpaired) electrons. The van der Waals surface area contributed by atoms with Gasteiger partial charge in [-0.2, -0.15) is 0 Å². The molecule has 21 heavy (non-hydrogen) atoms. The summed E-state index contributed by atoms with van der Waals surface area (Å²) in [7, 11) is 0. The number of hydrogen-bond donors (Lipinski definition) is 1. The minimum Gasteiger partial charge on any atom is -0.340 e. The van der Waals surface area contributed by atoms with E-state index in [1.807, 2.05) is 24.3 Å². The van der Waals surface area contributed by atoms with Gasteiger partial charge in [0.15, 0.2) is 0 Å². The zero-order chi connectivity index (χ0) is 14.2. The van der Waals surface area contributed by atoms with Crippen LogP contribution in [0.1, 0.15) is 24.6 Å². The van der Waals surface area contributed by atoms with E-state index >= 15 is 0 Å². The Labute approximate surface area is 127 Å². The smallest absolute Gasteiger partial charge is 0.135 e. The first-order valence-electron chi connectivity index (χ1n) is 6.94. The molecule has 0 unspecified atom stereocenters. The van der Waals surface area contributed by atoms with Crippen LogP contribution in [-0.2, 0) is 0 Å². The average molecular weight is 297 g/mol. The number of rotatable bonds is 3. The van der Waals surface area contributed by atoms with Crippen LogP contribution in [0.3, 0.4) is 0 Å². The fourth-order valence-corrected chi connectivity index (χ4v) is 2.51. The third-order valence-corrected chi connectivity index (χ3v) is 3.72. The van der Waals surface area contributed by atoms with Gasteiger partial charge < -0.3 is 5.32 Å². The second kappa shape index (κ2) is 4.97. The van der Waals surface area contributed by atoms with Gasteiger partial charge in [-0.05, 0) is 37.1 Å². The Morgan fingerprint density at radius 3 is 2.86 bits per heavy atom. The Morgan fingerprint density at radius 1 is 1.10 bits per heavy atom. The topological polar surface area (TPSA) is 50.7 Å². The van der Waals surface area contributed by atoms with Crippen molar-refractivity contribution in [2.45, 2.75) is 18.8 Å². The van der Waals surface area contributed by atoms with E-state index in [4.69, 9.17) is 11.6 Å². The molecule has 0 aliphatic heterocycles. The zero-order valence-corrected chi connectivity index (χ0v) is 12.0. The highest BCUT2D eigenvalue weighted by atomic mass is 35.5. The molecular formula is C16H13ClN4. The molecule has 0 atom stereocenters. The number of nitrogens with zero attached hydrogens (tertiary/aromatic N) is 3. The molecule has 1 aliphatic carbocycles. The molecule has 4 nitrogen and oxygen atoms in total. The fraction of sp³-hybridized carbons (Fsp3) is 0.188. The van der Waals surface area contributed by atoms with Gasteiger partial charge in [0.25, 0.3) is 0 Å². The number of benzene rings is 1. The summed E-state index contributed by atoms with van der Waals surface area (Å²) in [5.74, 6) is 2.05. The van der Waals surface area contributed by atoms with E-state index in [0.717, 1.165) is 41.1 Å². The van der Waals surface area contributed by atoms with E-state index < -0.39 is 0 Å². The van der Waals surface area contributed by atoms with Crippen LogP contribution in [0.15, 0.2) is 42.6 Å². The van der Waals surface area contributed by atoms with Crippen molar-refractivity contribution in [1.29, 1.82) is 0 Å². The summed E-state index contributed by atoms with van der Waals surface area (Å²) < 4.78 is 0. The Bertz CT molecular complexity index is 814. The molecule has 1 aromatic carbocycles. The molecule has 0 spiro atoms. The molecule has 1 N–H and O–H groups in total. The molecular weight excluding hydrogens is 284 g/mol. The van der Waals surface area contributed by atoms with E-state index in [0.29, 0.717) is 11.1 Å². The van der Waals surface area contributed by atoms with Crippen LogP contribution in [0.2, 0.25) is 5.15 Å². The summed E-state index contributed by atoms with van der Waals surface area (Å²) in [6.07, 6.45) is 4.10. The molecule has 104 valence electrons. The standard InChI is InChI=1S/C16H13ClN4/c17-14-9-15(21-16(20-14)10-3-4-10)19-12-5-6-13-11(8-12)2-1-7-18-13/h1-2,5-10H,3-4H2,(H,19,20,21). The summed E-state index contributed by atoms with van der Waals surface area (Å²) in [6, 6.07) is 11.7. The van der Waals surface area contributed by atoms with Gasteiger partial charge in [-0.1, -0.05) is 17.7 Å². The second-order valence-electron chi connectivity index (χ2n) is 5.24. The summed E-state index contributed by atoms with van der Waals surface area (Å²) in [5, 5.41) is 4.87. The number of hydrogen-bond acceptors (Lipinski definition) is 4. The second-order valence-corrected chi connectivity index (χ2v) is 5.63. The van der Waals surface area contributed by atoms with E-state index in [1.54, 1.807) is 12.3 Å². The average Bonchev–Trinajstić information content (AvgIpc) is 3.31. The molecule has 3 aromatic rings. The quantitative estimate of drug-likeness (QED) is 0.732. The molecule has 1 fully saturated rings. The number of anilines is 2. The van der Waals surface area contributed by atoms with Crippen LogP contribution in [0.5, 0.6) is 0 Å². The van der Waals surface area contributed by atoms with E-state index in [-0.39, 0.29) is 0 Å². The summed E-state index contributed by atoms with van der Waals surface area (Å²) >= 11 is 6.08. The maximum Gasteiger partial charge on any atom is 0.135 e. The van der Waals surface area contributed by atoms with Gasteiger partial charge in [0.05, 0.1) is 5.52 Å². The van der Waals surface area contributed by atoms with Gasteiger partial charge in [-0.3, -0.25) is 4.98 Å². The predicted molar refractivity (Wildman–Crippen MR) is 84.0 cm³/mol. The van der Waals surface area contributed by atoms with Crippen LogP contribution in [0, 0.1) is 0 Å². The lowest BCUT2D eigenvalue weighted by atomic mass is 10.2. The third kappa shape index (κ3) is 2.67. The Hall–Kier alpha value is -2.20. The first kappa shape index (κ1) is 12.5. The first-order valence-corrected chi connectivity index (χ1v) is 7.32. The largest absolute Gasteiger partial charge is 0.340 e. The highest BCUT2D eigenvalue weighted by Crippen LogP contribution is 2.39. The van der Waals surface area contributed by atoms with Gasteiger partial charge >= 0.3 is 0 Å². The van der Waals surface area contributed by atoms with Crippen molar-refractivity contribution in [3.63, 3.8) is 0 Å². The van der Waals surface area contributed by atoms with Crippen LogP contribution < -0.4 is 5.32 Å². The monoisotopic (exact) mass is 296 g/mol. The molecule has 0 saturated heterocycles. The van der Waals surface area contributed by atoms with Gasteiger partial charge in [0, 0.05) is 29.3 Å². The van der Waals surface area contributed by atoms with Crippen molar-refractivity contribution < 1.29 is 0 Å². The lowest BCUT2D eigenvalue weighted by Crippen LogP contribution is -1.99. The predicted octanol–water partition coefficient (Wildman–Crippen LogP) is 4.30. The van der Waals surface area contributed by atoms with Crippen molar-refractivity contribution >= 4 is 34.0 Å². The molecule has 2 heterocycles. The van der Waals surface area contributed by atoms with E-state index in [2.05, 4.69) is 26.3 Å². The fourth-order valence-electron chi connectivity index (χ4n) is 2.32. The molecule has 1 aliphatic rings. The first-order chi connectivity index (χ1) is 10.3. The molecule has 4 rings (SSSR count). The van der Waals surface area contributed by atoms with Gasteiger partial charge in [-0.25, -0.2) is 9.97 Å². The number of pyridine rings is 1. The Balaban J connectivity index is 1.67. The normalized spacial score (nSPS) is 14.3. The van der Waals surface area contributed by atoms with Crippen molar-refractivity contribution in [3.8, 4) is 0 Å². The third-order valence-electron chi connectivity index (χ3n) is 3.53. The van der Waals surface area contributed by atoms with Crippen LogP contribution in [-0.4, -0.2) is 15.0 Å². The molecule has 2 aromatic heterocycles. The molecule has 1 saturated carbocycles. The lowest BCUT2D eigenvalue weighted by Gasteiger charge is -2.08. The van der Waals surface area contributed by atoms with Crippen molar-refractivity contribution in [2.24, 2.45) is 0 Å². The van der Waals surface area contributed by atoms with Crippen LogP contribution in [0.4, 0.5) is 11.5 Å². The van der Waals surface area contributed by atoms with Crippen molar-refractivity contribution in [3.05, 3.63) is 53.6 Å². The molecule has 0 amide bonds. The van der Waals surface area contributed by atoms with Crippen LogP contribution in [0.25, 0.3) is 10.9 Å². The number of fused-ring (bicyclic) bond motifs is 1. The Morgan fingerprint density at radius 2 is 2.00 bits per heavy atom. The van der Waals surface area contributed by atoms with Crippen molar-refractivity contribution in [1.82, 2.24) is 15.0 Å². The maximum atomic E-state index is 6.08. The van der Waals surface area contributed by atoms with Gasteiger partial charge in [-0.15, -0.1) is 0 Å². The minimum absolute atomic E-state index is 0.477. The molecule has 0 bridgehead atoms. The number of halogens is 1. The highest BCUT2D eigenvalue weighted by Gasteiger charge is 2.27. The minimum atomic E-state index is 0.477. The van der Waals surface area contributed by atoms with Gasteiger partial charge in [0.1, 0.15) is 16.8 Å². The SMILES string of the molecule is Clc1cc(Nc2ccc3ncccc3c2)nc(C2CC2)n1. The maximum absolute atomic E-state index is 6.08. The van der Waals surface area contributed by atoms with Crippen molar-refractivity contribution in [2.75, 3.05) is 5.32 Å². The number of nitrogens with one attached hydrogen (secondary N) is 1. The van der Waals surface area contributed by atoms with Crippen LogP contribution >= 0.6 is 11.6 Å². The lowest BCUT2D eigenvalue weighted by molar-refractivity contribution is 0.931. The summed E-state index contributed by atoms with van der Waals surface area (Å²) in [6.45, 7) is 0. The number of aromatic nitrogens is 3. The summed E-state index contributed by atoms with van der Waals surface area (Å²) in [5.41, 5.74) is 1.94. The van der Waals surface area contributed by atoms with Gasteiger partial charge in [0.2, 0.25) is 0 Å². The van der Waals surface area contributed by atoms with E-state index in [1.165, 1.54) is 0 Å². The Kier molecular flexibility index (Phi) is 2.97. The highest BCUT2D eigenvalue weighted by molar-refractivity contribution is 6.29. The molecule has 5 heteroatoms. The summed E-state index contributed by atoms with van der Waals surface area (Å²) in [4.78, 5) is 13.2. The van der Waals surface area contributed by atoms with E-state index in [9.17, 15) is 0 Å².